The van der Waals surface area contributed by atoms with E-state index in [9.17, 15) is 21.6 Å². The van der Waals surface area contributed by atoms with E-state index in [-0.39, 0.29) is 16.7 Å². The van der Waals surface area contributed by atoms with Crippen LogP contribution in [0.25, 0.3) is 0 Å². The molecule has 120 valence electrons. The van der Waals surface area contributed by atoms with E-state index >= 15 is 0 Å². The fourth-order valence-electron chi connectivity index (χ4n) is 1.51. The first-order chi connectivity index (χ1) is 9.58. The maximum atomic E-state index is 12.6. The second kappa shape index (κ2) is 7.13. The number of sulfonamides is 1. The lowest BCUT2D eigenvalue weighted by Crippen LogP contribution is -2.39. The monoisotopic (exact) mass is 364 g/mol. The van der Waals surface area contributed by atoms with Gasteiger partial charge in [-0.15, -0.1) is 0 Å². The zero-order valence-electron chi connectivity index (χ0n) is 11.0. The molecule has 0 aliphatic rings. The molecule has 0 spiro atoms. The van der Waals surface area contributed by atoms with Gasteiger partial charge in [0.1, 0.15) is 16.6 Å². The summed E-state index contributed by atoms with van der Waals surface area (Å²) in [6.45, 7) is -0.0483. The van der Waals surface area contributed by atoms with Gasteiger partial charge in [0, 0.05) is 12.7 Å². The van der Waals surface area contributed by atoms with Crippen LogP contribution in [0.4, 0.5) is 13.2 Å². The molecular formula is C11H13Cl2F3N2O2S. The number of nitrogens with zero attached hydrogens (tertiary/aromatic N) is 2. The van der Waals surface area contributed by atoms with Crippen molar-refractivity contribution in [1.82, 2.24) is 9.29 Å². The molecule has 0 aliphatic carbocycles. The molecule has 21 heavy (non-hydrogen) atoms. The van der Waals surface area contributed by atoms with Gasteiger partial charge in [-0.05, 0) is 12.5 Å². The number of hydrogen-bond acceptors (Lipinski definition) is 3. The van der Waals surface area contributed by atoms with Crippen LogP contribution in [0.5, 0.6) is 0 Å². The lowest BCUT2D eigenvalue weighted by atomic mass is 10.3. The van der Waals surface area contributed by atoms with Gasteiger partial charge in [0.05, 0.1) is 5.02 Å². The molecule has 0 aromatic carbocycles. The predicted molar refractivity (Wildman–Crippen MR) is 74.0 cm³/mol. The van der Waals surface area contributed by atoms with E-state index in [1.807, 2.05) is 0 Å². The van der Waals surface area contributed by atoms with Gasteiger partial charge in [-0.1, -0.05) is 36.5 Å². The number of pyridine rings is 1. The molecule has 0 atom stereocenters. The van der Waals surface area contributed by atoms with E-state index in [4.69, 9.17) is 23.2 Å². The third-order valence-corrected chi connectivity index (χ3v) is 5.02. The topological polar surface area (TPSA) is 50.3 Å². The Balaban J connectivity index is 3.16. The molecule has 0 amide bonds. The average molecular weight is 365 g/mol. The minimum Gasteiger partial charge on any atom is -0.242 e. The van der Waals surface area contributed by atoms with Gasteiger partial charge < -0.3 is 0 Å². The second-order valence-corrected chi connectivity index (χ2v) is 6.95. The Bertz CT molecular complexity index is 594. The van der Waals surface area contributed by atoms with Crippen molar-refractivity contribution in [3.63, 3.8) is 0 Å². The Labute approximate surface area is 130 Å². The van der Waals surface area contributed by atoms with Crippen LogP contribution < -0.4 is 0 Å². The lowest BCUT2D eigenvalue weighted by molar-refractivity contribution is -0.136. The average Bonchev–Trinajstić information content (AvgIpc) is 2.36. The van der Waals surface area contributed by atoms with Crippen LogP contribution in [-0.4, -0.2) is 37.0 Å². The quantitative estimate of drug-likeness (QED) is 0.722. The zero-order chi connectivity index (χ0) is 16.3. The highest BCUT2D eigenvalue weighted by atomic mass is 35.5. The highest BCUT2D eigenvalue weighted by molar-refractivity contribution is 7.89. The predicted octanol–water partition coefficient (Wildman–Crippen LogP) is 3.74. The summed E-state index contributed by atoms with van der Waals surface area (Å²) in [5.41, 5.74) is 0. The van der Waals surface area contributed by atoms with Crippen LogP contribution in [0.3, 0.4) is 0 Å². The smallest absolute Gasteiger partial charge is 0.242 e. The fourth-order valence-corrected chi connectivity index (χ4v) is 3.28. The molecule has 10 heteroatoms. The van der Waals surface area contributed by atoms with Crippen LogP contribution in [0, 0.1) is 0 Å². The van der Waals surface area contributed by atoms with Crippen LogP contribution in [0.1, 0.15) is 19.8 Å². The number of alkyl halides is 3. The summed E-state index contributed by atoms with van der Waals surface area (Å²) in [6.07, 6.45) is -2.88. The molecule has 0 aliphatic heterocycles. The second-order valence-electron chi connectivity index (χ2n) is 4.25. The highest BCUT2D eigenvalue weighted by Crippen LogP contribution is 2.26. The number of rotatable bonds is 6. The Morgan fingerprint density at radius 3 is 2.43 bits per heavy atom. The Morgan fingerprint density at radius 2 is 1.95 bits per heavy atom. The Morgan fingerprint density at radius 1 is 1.33 bits per heavy atom. The molecule has 0 bridgehead atoms. The first-order valence-corrected chi connectivity index (χ1v) is 8.15. The summed E-state index contributed by atoms with van der Waals surface area (Å²) < 4.78 is 62.6. The van der Waals surface area contributed by atoms with E-state index < -0.39 is 27.6 Å². The summed E-state index contributed by atoms with van der Waals surface area (Å²) in [5.74, 6) is 0. The van der Waals surface area contributed by atoms with Crippen molar-refractivity contribution in [2.24, 2.45) is 0 Å². The molecule has 0 saturated carbocycles. The minimum absolute atomic E-state index is 0.119. The molecule has 1 rings (SSSR count). The maximum absolute atomic E-state index is 12.6. The third-order valence-electron chi connectivity index (χ3n) is 2.53. The van der Waals surface area contributed by atoms with E-state index in [1.54, 1.807) is 6.92 Å². The molecule has 1 aromatic heterocycles. The number of hydrogen-bond donors (Lipinski definition) is 0. The summed E-state index contributed by atoms with van der Waals surface area (Å²) >= 11 is 11.2. The largest absolute Gasteiger partial charge is 0.402 e. The van der Waals surface area contributed by atoms with E-state index in [2.05, 4.69) is 4.98 Å². The summed E-state index contributed by atoms with van der Waals surface area (Å²) in [5, 5.41) is -0.258. The van der Waals surface area contributed by atoms with Crippen molar-refractivity contribution in [1.29, 1.82) is 0 Å². The van der Waals surface area contributed by atoms with Gasteiger partial charge in [0.25, 0.3) is 0 Å². The van der Waals surface area contributed by atoms with Crippen molar-refractivity contribution in [3.05, 3.63) is 22.4 Å². The van der Waals surface area contributed by atoms with Crippen molar-refractivity contribution < 1.29 is 21.6 Å². The van der Waals surface area contributed by atoms with Crippen LogP contribution in [-0.2, 0) is 10.0 Å². The molecular weight excluding hydrogens is 352 g/mol. The number of unbranched alkanes of at least 4 members (excludes halogenated alkanes) is 1. The molecule has 0 unspecified atom stereocenters. The maximum Gasteiger partial charge on any atom is 0.402 e. The van der Waals surface area contributed by atoms with Gasteiger partial charge in [-0.25, -0.2) is 13.4 Å². The first kappa shape index (κ1) is 18.5. The standard InChI is InChI=1S/C11H13Cl2F3N2O2S/c1-2-3-4-18(7-11(14,15)16)21(19,20)8-5-9(12)10(13)17-6-8/h5-6H,2-4,7H2,1H3. The molecule has 0 radical (unpaired) electrons. The first-order valence-electron chi connectivity index (χ1n) is 5.96. The molecule has 1 aromatic rings. The highest BCUT2D eigenvalue weighted by Gasteiger charge is 2.37. The van der Waals surface area contributed by atoms with Crippen molar-refractivity contribution in [2.75, 3.05) is 13.1 Å². The van der Waals surface area contributed by atoms with E-state index in [0.717, 1.165) is 12.3 Å². The van der Waals surface area contributed by atoms with Crippen molar-refractivity contribution >= 4 is 33.2 Å². The molecule has 0 saturated heterocycles. The summed E-state index contributed by atoms with van der Waals surface area (Å²) in [7, 11) is -4.34. The minimum atomic E-state index is -4.63. The Kier molecular flexibility index (Phi) is 6.27. The van der Waals surface area contributed by atoms with E-state index in [1.165, 1.54) is 0 Å². The molecule has 4 nitrogen and oxygen atoms in total. The lowest BCUT2D eigenvalue weighted by Gasteiger charge is -2.23. The summed E-state index contributed by atoms with van der Waals surface area (Å²) in [4.78, 5) is 3.13. The van der Waals surface area contributed by atoms with Crippen molar-refractivity contribution in [2.45, 2.75) is 30.8 Å². The molecule has 1 heterocycles. The normalized spacial score (nSPS) is 12.9. The van der Waals surface area contributed by atoms with Crippen LogP contribution in [0.15, 0.2) is 17.2 Å². The fraction of sp³-hybridized carbons (Fsp3) is 0.545. The van der Waals surface area contributed by atoms with Crippen LogP contribution >= 0.6 is 23.2 Å². The SMILES string of the molecule is CCCCN(CC(F)(F)F)S(=O)(=O)c1cnc(Cl)c(Cl)c1. The molecule has 0 N–H and O–H groups in total. The van der Waals surface area contributed by atoms with E-state index in [0.29, 0.717) is 17.1 Å². The van der Waals surface area contributed by atoms with Gasteiger partial charge in [-0.3, -0.25) is 0 Å². The van der Waals surface area contributed by atoms with Crippen LogP contribution in [0.2, 0.25) is 10.2 Å². The molecule has 0 fully saturated rings. The van der Waals surface area contributed by atoms with Gasteiger partial charge in [0.15, 0.2) is 0 Å². The zero-order valence-corrected chi connectivity index (χ0v) is 13.3. The van der Waals surface area contributed by atoms with Gasteiger partial charge in [-0.2, -0.15) is 17.5 Å². The van der Waals surface area contributed by atoms with Gasteiger partial charge in [0.2, 0.25) is 10.0 Å². The number of aromatic nitrogens is 1. The van der Waals surface area contributed by atoms with Crippen molar-refractivity contribution in [3.8, 4) is 0 Å². The van der Waals surface area contributed by atoms with Gasteiger partial charge >= 0.3 is 6.18 Å². The third kappa shape index (κ3) is 5.28. The Hall–Kier alpha value is -0.570. The summed E-state index contributed by atoms with van der Waals surface area (Å²) in [6, 6.07) is 0.988. The number of halogens is 5.